The van der Waals surface area contributed by atoms with Gasteiger partial charge in [-0.15, -0.1) is 11.3 Å². The molecule has 4 rings (SSSR count). The van der Waals surface area contributed by atoms with E-state index in [9.17, 15) is 4.79 Å². The first-order valence-electron chi connectivity index (χ1n) is 9.51. The zero-order valence-electron chi connectivity index (χ0n) is 16.6. The number of amides is 1. The van der Waals surface area contributed by atoms with Crippen LogP contribution in [0, 0.1) is 13.8 Å². The summed E-state index contributed by atoms with van der Waals surface area (Å²) in [5.74, 6) is 0.545. The second-order valence-electron chi connectivity index (χ2n) is 7.01. The molecule has 146 valence electrons. The monoisotopic (exact) mass is 402 g/mol. The quantitative estimate of drug-likeness (QED) is 0.446. The standard InChI is InChI=1S/C24H22N2O2S/c1-15-8-6-12-21(16(15)2)28-17(3)23(27)25-19-10-7-9-18(14-19)24-26-20-11-4-5-13-22(20)29-24/h4-14,17H,1-3H3,(H,25,27). The third-order valence-corrected chi connectivity index (χ3v) is 5.98. The van der Waals surface area contributed by atoms with E-state index in [1.165, 1.54) is 0 Å². The van der Waals surface area contributed by atoms with Gasteiger partial charge < -0.3 is 10.1 Å². The number of hydrogen-bond acceptors (Lipinski definition) is 4. The third kappa shape index (κ3) is 4.15. The summed E-state index contributed by atoms with van der Waals surface area (Å²) in [4.78, 5) is 17.3. The highest BCUT2D eigenvalue weighted by Crippen LogP contribution is 2.31. The number of carbonyl (C=O) groups excluding carboxylic acids is 1. The molecule has 1 unspecified atom stereocenters. The number of carbonyl (C=O) groups is 1. The van der Waals surface area contributed by atoms with Crippen molar-refractivity contribution in [2.75, 3.05) is 5.32 Å². The summed E-state index contributed by atoms with van der Waals surface area (Å²) in [6.07, 6.45) is -0.610. The van der Waals surface area contributed by atoms with Gasteiger partial charge in [0.2, 0.25) is 0 Å². The Morgan fingerprint density at radius 2 is 1.83 bits per heavy atom. The van der Waals surface area contributed by atoms with Crippen LogP contribution in [0.3, 0.4) is 0 Å². The van der Waals surface area contributed by atoms with Crippen LogP contribution in [0.15, 0.2) is 66.7 Å². The summed E-state index contributed by atoms with van der Waals surface area (Å²) in [5, 5.41) is 3.89. The summed E-state index contributed by atoms with van der Waals surface area (Å²) in [7, 11) is 0. The van der Waals surface area contributed by atoms with Gasteiger partial charge in [-0.3, -0.25) is 4.79 Å². The van der Waals surface area contributed by atoms with Crippen molar-refractivity contribution < 1.29 is 9.53 Å². The lowest BCUT2D eigenvalue weighted by Gasteiger charge is -2.17. The maximum Gasteiger partial charge on any atom is 0.265 e. The van der Waals surface area contributed by atoms with E-state index in [1.54, 1.807) is 18.3 Å². The second-order valence-corrected chi connectivity index (χ2v) is 8.05. The minimum absolute atomic E-state index is 0.188. The summed E-state index contributed by atoms with van der Waals surface area (Å²) in [5.41, 5.74) is 4.87. The molecule has 1 aromatic heterocycles. The Morgan fingerprint density at radius 1 is 1.03 bits per heavy atom. The molecule has 0 aliphatic heterocycles. The van der Waals surface area contributed by atoms with Crippen molar-refractivity contribution in [3.05, 3.63) is 77.9 Å². The van der Waals surface area contributed by atoms with E-state index in [2.05, 4.69) is 11.4 Å². The number of rotatable bonds is 5. The zero-order valence-corrected chi connectivity index (χ0v) is 17.4. The predicted molar refractivity (Wildman–Crippen MR) is 120 cm³/mol. The molecule has 1 N–H and O–H groups in total. The number of thiazole rings is 1. The fourth-order valence-electron chi connectivity index (χ4n) is 3.07. The maximum absolute atomic E-state index is 12.7. The Morgan fingerprint density at radius 3 is 2.66 bits per heavy atom. The fraction of sp³-hybridized carbons (Fsp3) is 0.167. The number of ether oxygens (including phenoxy) is 1. The van der Waals surface area contributed by atoms with Gasteiger partial charge in [-0.25, -0.2) is 4.98 Å². The third-order valence-electron chi connectivity index (χ3n) is 4.90. The average molecular weight is 403 g/mol. The zero-order chi connectivity index (χ0) is 20.4. The van der Waals surface area contributed by atoms with Crippen LogP contribution in [0.1, 0.15) is 18.1 Å². The van der Waals surface area contributed by atoms with Crippen LogP contribution in [0.25, 0.3) is 20.8 Å². The molecule has 0 aliphatic rings. The lowest BCUT2D eigenvalue weighted by atomic mass is 10.1. The van der Waals surface area contributed by atoms with Crippen LogP contribution in [0.5, 0.6) is 5.75 Å². The second kappa shape index (κ2) is 8.05. The van der Waals surface area contributed by atoms with Gasteiger partial charge in [0, 0.05) is 11.3 Å². The van der Waals surface area contributed by atoms with Crippen LogP contribution in [-0.4, -0.2) is 17.0 Å². The first-order valence-corrected chi connectivity index (χ1v) is 10.3. The van der Waals surface area contributed by atoms with Gasteiger partial charge in [0.15, 0.2) is 6.10 Å². The van der Waals surface area contributed by atoms with E-state index < -0.39 is 6.10 Å². The molecule has 0 spiro atoms. The van der Waals surface area contributed by atoms with Crippen LogP contribution < -0.4 is 10.1 Å². The molecule has 29 heavy (non-hydrogen) atoms. The van der Waals surface area contributed by atoms with Crippen LogP contribution in [0.4, 0.5) is 5.69 Å². The van der Waals surface area contributed by atoms with Crippen molar-refractivity contribution in [2.24, 2.45) is 0 Å². The lowest BCUT2D eigenvalue weighted by molar-refractivity contribution is -0.122. The van der Waals surface area contributed by atoms with E-state index in [-0.39, 0.29) is 5.91 Å². The van der Waals surface area contributed by atoms with Crippen molar-refractivity contribution in [1.82, 2.24) is 4.98 Å². The summed E-state index contributed by atoms with van der Waals surface area (Å²) >= 11 is 1.64. The van der Waals surface area contributed by atoms with Gasteiger partial charge in [0.05, 0.1) is 10.2 Å². The van der Waals surface area contributed by atoms with E-state index in [0.717, 1.165) is 43.4 Å². The number of aryl methyl sites for hydroxylation is 1. The minimum Gasteiger partial charge on any atom is -0.481 e. The minimum atomic E-state index is -0.610. The number of aromatic nitrogens is 1. The molecule has 3 aromatic carbocycles. The van der Waals surface area contributed by atoms with Crippen molar-refractivity contribution in [2.45, 2.75) is 26.9 Å². The Balaban J connectivity index is 1.49. The highest BCUT2D eigenvalue weighted by atomic mass is 32.1. The van der Waals surface area contributed by atoms with E-state index in [0.29, 0.717) is 0 Å². The summed E-state index contributed by atoms with van der Waals surface area (Å²) in [6, 6.07) is 21.7. The van der Waals surface area contributed by atoms with Gasteiger partial charge >= 0.3 is 0 Å². The first kappa shape index (κ1) is 19.2. The number of benzene rings is 3. The van der Waals surface area contributed by atoms with Crippen molar-refractivity contribution >= 4 is 33.1 Å². The van der Waals surface area contributed by atoms with Crippen LogP contribution in [0.2, 0.25) is 0 Å². The van der Waals surface area contributed by atoms with Gasteiger partial charge in [-0.05, 0) is 62.2 Å². The fourth-order valence-corrected chi connectivity index (χ4v) is 4.03. The van der Waals surface area contributed by atoms with Gasteiger partial charge in [-0.2, -0.15) is 0 Å². The highest BCUT2D eigenvalue weighted by Gasteiger charge is 2.17. The van der Waals surface area contributed by atoms with Gasteiger partial charge in [-0.1, -0.05) is 36.4 Å². The van der Waals surface area contributed by atoms with Gasteiger partial charge in [0.1, 0.15) is 10.8 Å². The van der Waals surface area contributed by atoms with Crippen molar-refractivity contribution in [3.63, 3.8) is 0 Å². The number of para-hydroxylation sites is 1. The molecule has 0 saturated carbocycles. The number of nitrogens with one attached hydrogen (secondary N) is 1. The van der Waals surface area contributed by atoms with Crippen molar-refractivity contribution in [3.8, 4) is 16.3 Å². The van der Waals surface area contributed by atoms with Crippen LogP contribution >= 0.6 is 11.3 Å². The largest absolute Gasteiger partial charge is 0.481 e. The molecule has 1 heterocycles. The van der Waals surface area contributed by atoms with E-state index >= 15 is 0 Å². The number of anilines is 1. The molecular formula is C24H22N2O2S. The van der Waals surface area contributed by atoms with Crippen molar-refractivity contribution in [1.29, 1.82) is 0 Å². The maximum atomic E-state index is 12.7. The first-order chi connectivity index (χ1) is 14.0. The molecule has 4 nitrogen and oxygen atoms in total. The Labute approximate surface area is 174 Å². The molecule has 0 saturated heterocycles. The number of nitrogens with zero attached hydrogens (tertiary/aromatic N) is 1. The van der Waals surface area contributed by atoms with Crippen LogP contribution in [-0.2, 0) is 4.79 Å². The molecule has 0 radical (unpaired) electrons. The molecule has 1 atom stereocenters. The number of fused-ring (bicyclic) bond motifs is 1. The molecule has 4 aromatic rings. The summed E-state index contributed by atoms with van der Waals surface area (Å²) < 4.78 is 7.04. The Bertz CT molecular complexity index is 1150. The topological polar surface area (TPSA) is 51.2 Å². The lowest BCUT2D eigenvalue weighted by Crippen LogP contribution is -2.30. The smallest absolute Gasteiger partial charge is 0.265 e. The predicted octanol–water partition coefficient (Wildman–Crippen LogP) is 5.99. The van der Waals surface area contributed by atoms with Gasteiger partial charge in [0.25, 0.3) is 5.91 Å². The Kier molecular flexibility index (Phi) is 5.32. The van der Waals surface area contributed by atoms with E-state index in [4.69, 9.17) is 9.72 Å². The highest BCUT2D eigenvalue weighted by molar-refractivity contribution is 7.21. The Hall–Kier alpha value is -3.18. The normalized spacial score (nSPS) is 12.0. The van der Waals surface area contributed by atoms with E-state index in [1.807, 2.05) is 74.5 Å². The molecule has 0 bridgehead atoms. The molecule has 1 amide bonds. The summed E-state index contributed by atoms with van der Waals surface area (Å²) in [6.45, 7) is 5.78. The molecule has 0 aliphatic carbocycles. The molecule has 5 heteroatoms. The molecular weight excluding hydrogens is 380 g/mol. The molecule has 0 fully saturated rings. The average Bonchev–Trinajstić information content (AvgIpc) is 3.16. The number of hydrogen-bond donors (Lipinski definition) is 1. The SMILES string of the molecule is Cc1cccc(OC(C)C(=O)Nc2cccc(-c3nc4ccccc4s3)c2)c1C.